The van der Waals surface area contributed by atoms with Crippen LogP contribution in [0.1, 0.15) is 50.2 Å². The maximum absolute atomic E-state index is 13.0. The molecule has 1 aromatic rings. The van der Waals surface area contributed by atoms with Crippen molar-refractivity contribution in [3.8, 4) is 5.75 Å². The van der Waals surface area contributed by atoms with Gasteiger partial charge in [0.2, 0.25) is 0 Å². The zero-order chi connectivity index (χ0) is 20.4. The lowest BCUT2D eigenvalue weighted by molar-refractivity contribution is -0.947. The number of nitrogens with zero attached hydrogens (tertiary/aromatic N) is 1. The summed E-state index contributed by atoms with van der Waals surface area (Å²) in [4.78, 5) is 25.0. The van der Waals surface area contributed by atoms with Crippen LogP contribution in [0.4, 0.5) is 0 Å². The second-order valence-electron chi connectivity index (χ2n) is 8.99. The molecule has 5 atom stereocenters. The predicted octanol–water partition coefficient (Wildman–Crippen LogP) is 3.25. The van der Waals surface area contributed by atoms with Crippen molar-refractivity contribution in [3.63, 3.8) is 0 Å². The first-order valence-corrected chi connectivity index (χ1v) is 10.8. The second kappa shape index (κ2) is 8.34. The fourth-order valence-corrected chi connectivity index (χ4v) is 5.67. The quantitative estimate of drug-likeness (QED) is 0.559. The molecule has 3 saturated heterocycles. The van der Waals surface area contributed by atoms with Gasteiger partial charge in [0.05, 0.1) is 46.3 Å². The molecule has 0 amide bonds. The van der Waals surface area contributed by atoms with Crippen LogP contribution in [-0.4, -0.2) is 56.3 Å². The summed E-state index contributed by atoms with van der Waals surface area (Å²) in [7, 11) is 3.93. The summed E-state index contributed by atoms with van der Waals surface area (Å²) >= 11 is 0. The second-order valence-corrected chi connectivity index (χ2v) is 8.99. The van der Waals surface area contributed by atoms with Crippen LogP contribution < -0.4 is 4.74 Å². The van der Waals surface area contributed by atoms with Crippen LogP contribution in [0.15, 0.2) is 24.3 Å². The van der Waals surface area contributed by atoms with E-state index in [-0.39, 0.29) is 18.4 Å². The number of benzene rings is 1. The van der Waals surface area contributed by atoms with Crippen LogP contribution >= 0.6 is 0 Å². The Kier molecular flexibility index (Phi) is 5.81. The van der Waals surface area contributed by atoms with E-state index in [1.165, 1.54) is 38.8 Å². The van der Waals surface area contributed by atoms with Crippen molar-refractivity contribution < 1.29 is 28.3 Å². The van der Waals surface area contributed by atoms with E-state index in [4.69, 9.17) is 14.2 Å². The number of piperidine rings is 2. The Morgan fingerprint density at radius 1 is 1.17 bits per heavy atom. The predicted molar refractivity (Wildman–Crippen MR) is 107 cm³/mol. The topological polar surface area (TPSA) is 61.8 Å². The van der Waals surface area contributed by atoms with Crippen LogP contribution in [0.2, 0.25) is 0 Å². The van der Waals surface area contributed by atoms with Gasteiger partial charge in [-0.25, -0.2) is 0 Å². The van der Waals surface area contributed by atoms with Gasteiger partial charge >= 0.3 is 11.9 Å². The minimum absolute atomic E-state index is 0.0589. The average molecular weight is 403 g/mol. The third-order valence-electron chi connectivity index (χ3n) is 7.21. The molecule has 3 fully saturated rings. The number of hydrogen-bond donors (Lipinski definition) is 0. The minimum Gasteiger partial charge on any atom is -0.496 e. The lowest BCUT2D eigenvalue weighted by Gasteiger charge is -2.51. The van der Waals surface area contributed by atoms with Gasteiger partial charge in [0.1, 0.15) is 17.8 Å². The van der Waals surface area contributed by atoms with E-state index in [9.17, 15) is 9.59 Å². The third-order valence-corrected chi connectivity index (χ3v) is 7.21. The highest BCUT2D eigenvalue weighted by molar-refractivity contribution is 5.84. The largest absolute Gasteiger partial charge is 0.496 e. The summed E-state index contributed by atoms with van der Waals surface area (Å²) in [6, 6.07) is 7.95. The van der Waals surface area contributed by atoms with Gasteiger partial charge in [0, 0.05) is 17.9 Å². The Hall–Kier alpha value is -2.08. The van der Waals surface area contributed by atoms with Crippen molar-refractivity contribution in [3.05, 3.63) is 29.8 Å². The minimum atomic E-state index is -0.645. The number of esters is 2. The summed E-state index contributed by atoms with van der Waals surface area (Å²) in [5, 5.41) is 0. The number of rotatable bonds is 5. The molecular formula is C23H32NO5+. The van der Waals surface area contributed by atoms with Crippen LogP contribution in [0.3, 0.4) is 0 Å². The maximum atomic E-state index is 13.0. The lowest BCUT2D eigenvalue weighted by Crippen LogP contribution is -2.61. The highest BCUT2D eigenvalue weighted by Crippen LogP contribution is 2.41. The van der Waals surface area contributed by atoms with Gasteiger partial charge in [-0.1, -0.05) is 18.2 Å². The standard InChI is InChI=1S/C23H32NO5/c1-24-12-6-5-10-19(24)16(8-7-13-24)15-28-23(26)18-14-21(25)29-22(18)17-9-3-4-11-20(17)27-2/h3-4,9,11,16,18-19,22H,5-8,10,12-15H2,1-2H3/q+1/t16-,18+,19+,22-,24-/m0/s1. The Labute approximate surface area is 172 Å². The number of carbonyl (C=O) groups is 2. The molecule has 0 spiro atoms. The van der Waals surface area contributed by atoms with Crippen molar-refractivity contribution in [1.29, 1.82) is 0 Å². The summed E-state index contributed by atoms with van der Waals surface area (Å²) < 4.78 is 17.8. The summed E-state index contributed by atoms with van der Waals surface area (Å²) in [5.41, 5.74) is 0.719. The molecular weight excluding hydrogens is 370 g/mol. The number of methoxy groups -OCH3 is 1. The molecule has 158 valence electrons. The van der Waals surface area contributed by atoms with E-state index in [0.717, 1.165) is 16.5 Å². The molecule has 3 aliphatic rings. The molecule has 6 heteroatoms. The molecule has 6 nitrogen and oxygen atoms in total. The van der Waals surface area contributed by atoms with Crippen LogP contribution in [-0.2, 0) is 19.1 Å². The SMILES string of the molecule is COc1ccccc1[C@@H]1OC(=O)C[C@H]1C(=O)OC[C@@H]1CCC[N@+]2(C)CCCC[C@H]12. The summed E-state index contributed by atoms with van der Waals surface area (Å²) in [5.74, 6) is -0.290. The number of hydrogen-bond acceptors (Lipinski definition) is 5. The van der Waals surface area contributed by atoms with Crippen molar-refractivity contribution in [1.82, 2.24) is 0 Å². The van der Waals surface area contributed by atoms with Gasteiger partial charge in [0.15, 0.2) is 0 Å². The van der Waals surface area contributed by atoms with E-state index < -0.39 is 12.0 Å². The van der Waals surface area contributed by atoms with Gasteiger partial charge in [-0.15, -0.1) is 0 Å². The highest BCUT2D eigenvalue weighted by Gasteiger charge is 2.46. The van der Waals surface area contributed by atoms with Crippen LogP contribution in [0.5, 0.6) is 5.75 Å². The van der Waals surface area contributed by atoms with E-state index in [1.807, 2.05) is 24.3 Å². The molecule has 1 aromatic carbocycles. The number of cyclic esters (lactones) is 1. The fraction of sp³-hybridized carbons (Fsp3) is 0.652. The van der Waals surface area contributed by atoms with Gasteiger partial charge in [-0.2, -0.15) is 0 Å². The third kappa shape index (κ3) is 4.00. The first-order valence-electron chi connectivity index (χ1n) is 10.8. The monoisotopic (exact) mass is 402 g/mol. The Morgan fingerprint density at radius 3 is 2.79 bits per heavy atom. The molecule has 0 aromatic heterocycles. The molecule has 0 saturated carbocycles. The highest BCUT2D eigenvalue weighted by atomic mass is 16.6. The first-order chi connectivity index (χ1) is 14.0. The molecule has 0 radical (unpaired) electrons. The molecule has 4 rings (SSSR count). The zero-order valence-electron chi connectivity index (χ0n) is 17.5. The first kappa shape index (κ1) is 20.2. The molecule has 0 aliphatic carbocycles. The van der Waals surface area contributed by atoms with E-state index in [0.29, 0.717) is 24.3 Å². The number of quaternary nitrogens is 1. The van der Waals surface area contributed by atoms with Crippen LogP contribution in [0, 0.1) is 11.8 Å². The van der Waals surface area contributed by atoms with Gasteiger partial charge in [-0.3, -0.25) is 9.59 Å². The normalized spacial score (nSPS) is 34.2. The Morgan fingerprint density at radius 2 is 1.97 bits per heavy atom. The molecule has 0 bridgehead atoms. The van der Waals surface area contributed by atoms with Gasteiger partial charge < -0.3 is 18.7 Å². The van der Waals surface area contributed by atoms with E-state index in [1.54, 1.807) is 7.11 Å². The molecule has 3 heterocycles. The Bertz CT molecular complexity index is 761. The maximum Gasteiger partial charge on any atom is 0.313 e. The van der Waals surface area contributed by atoms with E-state index >= 15 is 0 Å². The number of carbonyl (C=O) groups excluding carboxylic acids is 2. The van der Waals surface area contributed by atoms with Crippen LogP contribution in [0.25, 0.3) is 0 Å². The van der Waals surface area contributed by atoms with Crippen molar-refractivity contribution in [2.75, 3.05) is 33.9 Å². The average Bonchev–Trinajstić information content (AvgIpc) is 3.13. The Balaban J connectivity index is 1.44. The van der Waals surface area contributed by atoms with E-state index in [2.05, 4.69) is 7.05 Å². The smallest absolute Gasteiger partial charge is 0.313 e. The number of fused-ring (bicyclic) bond motifs is 1. The summed E-state index contributed by atoms with van der Waals surface area (Å²) in [6.07, 6.45) is 5.49. The molecule has 0 N–H and O–H groups in total. The van der Waals surface area contributed by atoms with Crippen molar-refractivity contribution >= 4 is 11.9 Å². The number of ether oxygens (including phenoxy) is 3. The molecule has 3 aliphatic heterocycles. The van der Waals surface area contributed by atoms with Gasteiger partial charge in [-0.05, 0) is 31.7 Å². The summed E-state index contributed by atoms with van der Waals surface area (Å²) in [6.45, 7) is 2.91. The fourth-order valence-electron chi connectivity index (χ4n) is 5.67. The molecule has 0 unspecified atom stereocenters. The zero-order valence-corrected chi connectivity index (χ0v) is 17.5. The van der Waals surface area contributed by atoms with Gasteiger partial charge in [0.25, 0.3) is 0 Å². The van der Waals surface area contributed by atoms with Crippen molar-refractivity contribution in [2.24, 2.45) is 11.8 Å². The van der Waals surface area contributed by atoms with Crippen molar-refractivity contribution in [2.45, 2.75) is 50.7 Å². The lowest BCUT2D eigenvalue weighted by atomic mass is 9.82. The molecule has 29 heavy (non-hydrogen) atoms. The number of para-hydroxylation sites is 1.